The van der Waals surface area contributed by atoms with E-state index in [4.69, 9.17) is 5.11 Å². The Morgan fingerprint density at radius 1 is 1.00 bits per heavy atom. The van der Waals surface area contributed by atoms with E-state index < -0.39 is 5.97 Å². The SMILES string of the molecule is CC(C)(C)C1CCCN1C(=O)C1CCC(C(=O)O)CC1. The third kappa shape index (κ3) is 3.15. The molecule has 0 aromatic rings. The molecule has 1 unspecified atom stereocenters. The van der Waals surface area contributed by atoms with Crippen LogP contribution >= 0.6 is 0 Å². The van der Waals surface area contributed by atoms with Crippen LogP contribution < -0.4 is 0 Å². The van der Waals surface area contributed by atoms with Crippen LogP contribution in [0, 0.1) is 17.3 Å². The summed E-state index contributed by atoms with van der Waals surface area (Å²) in [5.41, 5.74) is 0.129. The molecule has 20 heavy (non-hydrogen) atoms. The van der Waals surface area contributed by atoms with Gasteiger partial charge in [-0.1, -0.05) is 20.8 Å². The lowest BCUT2D eigenvalue weighted by Crippen LogP contribution is -2.46. The number of amides is 1. The van der Waals surface area contributed by atoms with Crippen molar-refractivity contribution in [2.75, 3.05) is 6.54 Å². The first-order chi connectivity index (χ1) is 9.30. The number of hydrogen-bond donors (Lipinski definition) is 1. The Morgan fingerprint density at radius 3 is 2.05 bits per heavy atom. The van der Waals surface area contributed by atoms with Gasteiger partial charge in [-0.3, -0.25) is 9.59 Å². The van der Waals surface area contributed by atoms with Crippen LogP contribution in [-0.2, 0) is 9.59 Å². The number of carbonyl (C=O) groups excluding carboxylic acids is 1. The number of hydrogen-bond acceptors (Lipinski definition) is 2. The molecule has 2 aliphatic rings. The topological polar surface area (TPSA) is 57.6 Å². The van der Waals surface area contributed by atoms with E-state index in [-0.39, 0.29) is 23.2 Å². The highest BCUT2D eigenvalue weighted by atomic mass is 16.4. The molecule has 0 bridgehead atoms. The number of aliphatic carboxylic acids is 1. The first kappa shape index (κ1) is 15.3. The Balaban J connectivity index is 1.97. The summed E-state index contributed by atoms with van der Waals surface area (Å²) in [7, 11) is 0. The smallest absolute Gasteiger partial charge is 0.306 e. The maximum Gasteiger partial charge on any atom is 0.306 e. The molecule has 114 valence electrons. The standard InChI is InChI=1S/C16H27NO3/c1-16(2,3)13-5-4-10-17(13)14(18)11-6-8-12(9-7-11)15(19)20/h11-13H,4-10H2,1-3H3,(H,19,20). The fourth-order valence-corrected chi connectivity index (χ4v) is 3.75. The summed E-state index contributed by atoms with van der Waals surface area (Å²) < 4.78 is 0. The van der Waals surface area contributed by atoms with Gasteiger partial charge in [-0.05, 0) is 43.9 Å². The van der Waals surface area contributed by atoms with Gasteiger partial charge in [-0.25, -0.2) is 0 Å². The van der Waals surface area contributed by atoms with Gasteiger partial charge in [-0.2, -0.15) is 0 Å². The van der Waals surface area contributed by atoms with Crippen molar-refractivity contribution in [2.24, 2.45) is 17.3 Å². The molecule has 4 nitrogen and oxygen atoms in total. The predicted molar refractivity (Wildman–Crippen MR) is 77.3 cm³/mol. The molecule has 1 saturated heterocycles. The van der Waals surface area contributed by atoms with Crippen LogP contribution in [0.5, 0.6) is 0 Å². The Labute approximate surface area is 121 Å². The third-order valence-corrected chi connectivity index (χ3v) is 4.96. The molecular formula is C16H27NO3. The van der Waals surface area contributed by atoms with Crippen LogP contribution in [0.4, 0.5) is 0 Å². The molecule has 2 fully saturated rings. The average molecular weight is 281 g/mol. The monoisotopic (exact) mass is 281 g/mol. The van der Waals surface area contributed by atoms with Crippen molar-refractivity contribution >= 4 is 11.9 Å². The maximum absolute atomic E-state index is 12.7. The van der Waals surface area contributed by atoms with Gasteiger partial charge in [0, 0.05) is 18.5 Å². The van der Waals surface area contributed by atoms with Gasteiger partial charge in [0.15, 0.2) is 0 Å². The molecule has 1 heterocycles. The summed E-state index contributed by atoms with van der Waals surface area (Å²) in [5.74, 6) is -0.625. The number of nitrogens with zero attached hydrogens (tertiary/aromatic N) is 1. The Hall–Kier alpha value is -1.06. The molecular weight excluding hydrogens is 254 g/mol. The van der Waals surface area contributed by atoms with Crippen LogP contribution in [-0.4, -0.2) is 34.5 Å². The zero-order valence-electron chi connectivity index (χ0n) is 12.9. The van der Waals surface area contributed by atoms with Crippen LogP contribution in [0.2, 0.25) is 0 Å². The molecule has 1 aliphatic heterocycles. The minimum atomic E-state index is -0.704. The van der Waals surface area contributed by atoms with E-state index in [1.165, 1.54) is 0 Å². The van der Waals surface area contributed by atoms with Crippen molar-refractivity contribution in [1.29, 1.82) is 0 Å². The summed E-state index contributed by atoms with van der Waals surface area (Å²) in [6.07, 6.45) is 4.98. The first-order valence-corrected chi connectivity index (χ1v) is 7.84. The molecule has 4 heteroatoms. The summed E-state index contributed by atoms with van der Waals surface area (Å²) in [6, 6.07) is 0.340. The van der Waals surface area contributed by atoms with E-state index in [2.05, 4.69) is 25.7 Å². The number of carboxylic acids is 1. The maximum atomic E-state index is 12.7. The number of rotatable bonds is 2. The van der Waals surface area contributed by atoms with Gasteiger partial charge in [-0.15, -0.1) is 0 Å². The number of likely N-dealkylation sites (tertiary alicyclic amines) is 1. The van der Waals surface area contributed by atoms with Gasteiger partial charge in [0.25, 0.3) is 0 Å². The lowest BCUT2D eigenvalue weighted by molar-refractivity contribution is -0.146. The minimum absolute atomic E-state index is 0.0496. The summed E-state index contributed by atoms with van der Waals surface area (Å²) in [5, 5.41) is 9.03. The van der Waals surface area contributed by atoms with Crippen LogP contribution in [0.3, 0.4) is 0 Å². The highest BCUT2D eigenvalue weighted by molar-refractivity contribution is 5.80. The Bertz CT molecular complexity index is 378. The van der Waals surface area contributed by atoms with E-state index in [0.717, 1.165) is 32.2 Å². The highest BCUT2D eigenvalue weighted by Gasteiger charge is 2.40. The molecule has 1 N–H and O–H groups in total. The molecule has 0 aromatic carbocycles. The van der Waals surface area contributed by atoms with Crippen molar-refractivity contribution in [3.63, 3.8) is 0 Å². The van der Waals surface area contributed by atoms with E-state index in [9.17, 15) is 9.59 Å². The van der Waals surface area contributed by atoms with E-state index in [1.54, 1.807) is 0 Å². The fourth-order valence-electron chi connectivity index (χ4n) is 3.75. The quantitative estimate of drug-likeness (QED) is 0.846. The summed E-state index contributed by atoms with van der Waals surface area (Å²) >= 11 is 0. The first-order valence-electron chi connectivity index (χ1n) is 7.84. The normalized spacial score (nSPS) is 31.4. The third-order valence-electron chi connectivity index (χ3n) is 4.96. The second kappa shape index (κ2) is 5.74. The number of carbonyl (C=O) groups is 2. The van der Waals surface area contributed by atoms with Gasteiger partial charge in [0.05, 0.1) is 5.92 Å². The summed E-state index contributed by atoms with van der Waals surface area (Å²) in [6.45, 7) is 7.47. The molecule has 0 radical (unpaired) electrons. The Kier molecular flexibility index (Phi) is 4.40. The van der Waals surface area contributed by atoms with Gasteiger partial charge < -0.3 is 10.0 Å². The van der Waals surface area contributed by atoms with E-state index in [0.29, 0.717) is 18.9 Å². The fraction of sp³-hybridized carbons (Fsp3) is 0.875. The molecule has 1 atom stereocenters. The second-order valence-corrected chi connectivity index (χ2v) is 7.44. The molecule has 0 aromatic heterocycles. The molecule has 2 rings (SSSR count). The van der Waals surface area contributed by atoms with Crippen molar-refractivity contribution < 1.29 is 14.7 Å². The van der Waals surface area contributed by atoms with Crippen LogP contribution in [0.1, 0.15) is 59.3 Å². The largest absolute Gasteiger partial charge is 0.481 e. The van der Waals surface area contributed by atoms with E-state index >= 15 is 0 Å². The second-order valence-electron chi connectivity index (χ2n) is 7.44. The molecule has 1 aliphatic carbocycles. The van der Waals surface area contributed by atoms with Crippen LogP contribution in [0.15, 0.2) is 0 Å². The van der Waals surface area contributed by atoms with Gasteiger partial charge in [0.2, 0.25) is 5.91 Å². The summed E-state index contributed by atoms with van der Waals surface area (Å²) in [4.78, 5) is 25.8. The zero-order valence-corrected chi connectivity index (χ0v) is 12.9. The number of carboxylic acid groups (broad SMARTS) is 1. The van der Waals surface area contributed by atoms with Crippen LogP contribution in [0.25, 0.3) is 0 Å². The van der Waals surface area contributed by atoms with Gasteiger partial charge >= 0.3 is 5.97 Å². The van der Waals surface area contributed by atoms with Crippen molar-refractivity contribution in [3.8, 4) is 0 Å². The van der Waals surface area contributed by atoms with Crippen molar-refractivity contribution in [3.05, 3.63) is 0 Å². The molecule has 1 amide bonds. The Morgan fingerprint density at radius 2 is 1.55 bits per heavy atom. The van der Waals surface area contributed by atoms with Crippen molar-refractivity contribution in [1.82, 2.24) is 4.90 Å². The minimum Gasteiger partial charge on any atom is -0.481 e. The van der Waals surface area contributed by atoms with Crippen molar-refractivity contribution in [2.45, 2.75) is 65.3 Å². The average Bonchev–Trinajstić information content (AvgIpc) is 2.87. The van der Waals surface area contributed by atoms with E-state index in [1.807, 2.05) is 0 Å². The lowest BCUT2D eigenvalue weighted by atomic mass is 9.80. The molecule has 1 saturated carbocycles. The highest BCUT2D eigenvalue weighted by Crippen LogP contribution is 2.36. The zero-order chi connectivity index (χ0) is 14.9. The molecule has 0 spiro atoms. The van der Waals surface area contributed by atoms with Gasteiger partial charge in [0.1, 0.15) is 0 Å². The lowest BCUT2D eigenvalue weighted by Gasteiger charge is -2.38. The predicted octanol–water partition coefficient (Wildman–Crippen LogP) is 2.91.